The zero-order valence-electron chi connectivity index (χ0n) is 14.6. The van der Waals surface area contributed by atoms with E-state index in [9.17, 15) is 20.0 Å². The van der Waals surface area contributed by atoms with E-state index in [0.29, 0.717) is 17.0 Å². The van der Waals surface area contributed by atoms with E-state index in [1.807, 2.05) is 24.3 Å². The number of H-pyrrole nitrogens is 1. The summed E-state index contributed by atoms with van der Waals surface area (Å²) >= 11 is 0. The molecule has 140 valence electrons. The van der Waals surface area contributed by atoms with Gasteiger partial charge in [-0.25, -0.2) is 9.97 Å². The number of carboxylic acids is 1. The predicted molar refractivity (Wildman–Crippen MR) is 99.2 cm³/mol. The molecule has 0 bridgehead atoms. The minimum absolute atomic E-state index is 0.0559. The van der Waals surface area contributed by atoms with Crippen LogP contribution in [0.4, 0.5) is 5.69 Å². The van der Waals surface area contributed by atoms with E-state index in [4.69, 9.17) is 0 Å². The molecule has 0 amide bonds. The van der Waals surface area contributed by atoms with E-state index < -0.39 is 16.8 Å². The van der Waals surface area contributed by atoms with Crippen LogP contribution in [0.15, 0.2) is 48.5 Å². The van der Waals surface area contributed by atoms with Crippen molar-refractivity contribution >= 4 is 22.7 Å². The van der Waals surface area contributed by atoms with Gasteiger partial charge in [0.25, 0.3) is 5.69 Å². The number of hydrogen-bond donors (Lipinski definition) is 2. The summed E-state index contributed by atoms with van der Waals surface area (Å²) in [4.78, 5) is 33.8. The Morgan fingerprint density at radius 1 is 1.18 bits per heavy atom. The lowest BCUT2D eigenvalue weighted by atomic mass is 10.1. The van der Waals surface area contributed by atoms with E-state index in [1.165, 1.54) is 35.9 Å². The van der Waals surface area contributed by atoms with Gasteiger partial charge in [0.05, 0.1) is 16.0 Å². The Balaban J connectivity index is 1.84. The van der Waals surface area contributed by atoms with Crippen molar-refractivity contribution in [3.8, 4) is 17.3 Å². The van der Waals surface area contributed by atoms with Gasteiger partial charge in [-0.3, -0.25) is 14.9 Å². The zero-order valence-corrected chi connectivity index (χ0v) is 14.6. The summed E-state index contributed by atoms with van der Waals surface area (Å²) in [7, 11) is 0. The second-order valence-electron chi connectivity index (χ2n) is 6.15. The van der Waals surface area contributed by atoms with Crippen molar-refractivity contribution in [3.63, 3.8) is 0 Å². The zero-order chi connectivity index (χ0) is 19.8. The second-order valence-corrected chi connectivity index (χ2v) is 6.15. The number of nitrogens with zero attached hydrogens (tertiary/aromatic N) is 5. The maximum absolute atomic E-state index is 11.5. The average molecular weight is 378 g/mol. The molecule has 0 aliphatic heterocycles. The van der Waals surface area contributed by atoms with Crippen LogP contribution in [0, 0.1) is 10.1 Å². The molecule has 2 aromatic carbocycles. The number of imidazole rings is 1. The van der Waals surface area contributed by atoms with Gasteiger partial charge in [0, 0.05) is 17.7 Å². The SMILES string of the molecule is CC(C(=O)O)c1nc(-c2ccc([N+](=O)[O-])cc2)nn1-c1nc2ccccc2[nH]1. The number of nitro groups is 1. The van der Waals surface area contributed by atoms with Gasteiger partial charge in [-0.05, 0) is 31.2 Å². The smallest absolute Gasteiger partial charge is 0.313 e. The Labute approximate surface area is 157 Å². The van der Waals surface area contributed by atoms with Crippen molar-refractivity contribution in [2.45, 2.75) is 12.8 Å². The maximum Gasteiger partial charge on any atom is 0.313 e. The van der Waals surface area contributed by atoms with Crippen LogP contribution < -0.4 is 0 Å². The summed E-state index contributed by atoms with van der Waals surface area (Å²) in [5.74, 6) is -1.21. The molecule has 10 nitrogen and oxygen atoms in total. The van der Waals surface area contributed by atoms with Gasteiger partial charge in [-0.1, -0.05) is 12.1 Å². The molecule has 0 saturated heterocycles. The molecule has 2 aromatic heterocycles. The summed E-state index contributed by atoms with van der Waals surface area (Å²) in [6, 6.07) is 13.1. The first-order valence-corrected chi connectivity index (χ1v) is 8.34. The van der Waals surface area contributed by atoms with Crippen LogP contribution in [0.1, 0.15) is 18.7 Å². The summed E-state index contributed by atoms with van der Waals surface area (Å²) < 4.78 is 1.36. The highest BCUT2D eigenvalue weighted by Crippen LogP contribution is 2.25. The van der Waals surface area contributed by atoms with Crippen LogP contribution in [0.3, 0.4) is 0 Å². The van der Waals surface area contributed by atoms with Gasteiger partial charge < -0.3 is 10.1 Å². The first-order valence-electron chi connectivity index (χ1n) is 8.34. The lowest BCUT2D eigenvalue weighted by Gasteiger charge is -2.05. The third-order valence-electron chi connectivity index (χ3n) is 4.30. The van der Waals surface area contributed by atoms with E-state index >= 15 is 0 Å². The fourth-order valence-electron chi connectivity index (χ4n) is 2.76. The van der Waals surface area contributed by atoms with Crippen LogP contribution in [0.5, 0.6) is 0 Å². The normalized spacial score (nSPS) is 12.2. The van der Waals surface area contributed by atoms with Crippen molar-refractivity contribution in [2.75, 3.05) is 0 Å². The molecule has 28 heavy (non-hydrogen) atoms. The van der Waals surface area contributed by atoms with Gasteiger partial charge in [0.15, 0.2) is 5.82 Å². The highest BCUT2D eigenvalue weighted by molar-refractivity contribution is 5.77. The average Bonchev–Trinajstić information content (AvgIpc) is 3.31. The number of hydrogen-bond acceptors (Lipinski definition) is 6. The predicted octanol–water partition coefficient (Wildman–Crippen LogP) is 2.91. The Kier molecular flexibility index (Phi) is 4.07. The van der Waals surface area contributed by atoms with E-state index in [0.717, 1.165) is 5.52 Å². The number of aromatic nitrogens is 5. The van der Waals surface area contributed by atoms with Gasteiger partial charge in [0.1, 0.15) is 11.7 Å². The fourth-order valence-corrected chi connectivity index (χ4v) is 2.76. The summed E-state index contributed by atoms with van der Waals surface area (Å²) in [5.41, 5.74) is 1.96. The second kappa shape index (κ2) is 6.58. The number of fused-ring (bicyclic) bond motifs is 1. The summed E-state index contributed by atoms with van der Waals surface area (Å²) in [5, 5.41) is 24.7. The molecule has 4 rings (SSSR count). The lowest BCUT2D eigenvalue weighted by molar-refractivity contribution is -0.384. The molecule has 0 aliphatic carbocycles. The van der Waals surface area contributed by atoms with Gasteiger partial charge in [-0.2, -0.15) is 4.68 Å². The quantitative estimate of drug-likeness (QED) is 0.402. The molecular formula is C18H14N6O4. The van der Waals surface area contributed by atoms with Gasteiger partial charge in [0.2, 0.25) is 5.95 Å². The molecule has 0 saturated carbocycles. The molecule has 1 atom stereocenters. The molecule has 2 N–H and O–H groups in total. The largest absolute Gasteiger partial charge is 0.481 e. The number of carboxylic acid groups (broad SMARTS) is 1. The summed E-state index contributed by atoms with van der Waals surface area (Å²) in [6.07, 6.45) is 0. The van der Waals surface area contributed by atoms with Crippen LogP contribution in [0.2, 0.25) is 0 Å². The highest BCUT2D eigenvalue weighted by atomic mass is 16.6. The first-order chi connectivity index (χ1) is 13.4. The number of para-hydroxylation sites is 2. The number of benzene rings is 2. The van der Waals surface area contributed by atoms with Crippen LogP contribution in [-0.2, 0) is 4.79 Å². The maximum atomic E-state index is 11.5. The highest BCUT2D eigenvalue weighted by Gasteiger charge is 2.25. The molecule has 0 fully saturated rings. The van der Waals surface area contributed by atoms with E-state index in [-0.39, 0.29) is 17.3 Å². The minimum Gasteiger partial charge on any atom is -0.481 e. The van der Waals surface area contributed by atoms with Crippen molar-refractivity contribution < 1.29 is 14.8 Å². The first kappa shape index (κ1) is 17.3. The summed E-state index contributed by atoms with van der Waals surface area (Å²) in [6.45, 7) is 1.51. The molecule has 4 aromatic rings. The number of non-ortho nitro benzene ring substituents is 1. The number of nitrogens with one attached hydrogen (secondary N) is 1. The molecule has 0 aliphatic rings. The Morgan fingerprint density at radius 3 is 2.54 bits per heavy atom. The van der Waals surface area contributed by atoms with Crippen LogP contribution in [0.25, 0.3) is 28.4 Å². The molecule has 1 unspecified atom stereocenters. The Hall–Kier alpha value is -4.08. The Morgan fingerprint density at radius 2 is 1.89 bits per heavy atom. The molecule has 10 heteroatoms. The number of carbonyl (C=O) groups is 1. The molecular weight excluding hydrogens is 364 g/mol. The van der Waals surface area contributed by atoms with Crippen LogP contribution in [-0.4, -0.2) is 40.7 Å². The van der Waals surface area contributed by atoms with Gasteiger partial charge in [-0.15, -0.1) is 5.10 Å². The number of aromatic amines is 1. The van der Waals surface area contributed by atoms with Crippen molar-refractivity contribution in [1.29, 1.82) is 0 Å². The van der Waals surface area contributed by atoms with E-state index in [1.54, 1.807) is 0 Å². The monoisotopic (exact) mass is 378 g/mol. The van der Waals surface area contributed by atoms with Gasteiger partial charge >= 0.3 is 5.97 Å². The Bertz CT molecular complexity index is 1160. The third-order valence-corrected chi connectivity index (χ3v) is 4.30. The fraction of sp³-hybridized carbons (Fsp3) is 0.111. The lowest BCUT2D eigenvalue weighted by Crippen LogP contribution is -2.15. The van der Waals surface area contributed by atoms with Crippen molar-refractivity contribution in [2.24, 2.45) is 0 Å². The van der Waals surface area contributed by atoms with Crippen LogP contribution >= 0.6 is 0 Å². The molecule has 2 heterocycles. The number of rotatable bonds is 5. The number of aliphatic carboxylic acids is 1. The molecule has 0 spiro atoms. The number of nitro benzene ring substituents is 1. The van der Waals surface area contributed by atoms with Crippen molar-refractivity contribution in [3.05, 3.63) is 64.5 Å². The standard InChI is InChI=1S/C18H14N6O4/c1-10(17(25)26)16-21-15(11-6-8-12(9-7-11)24(27)28)22-23(16)18-19-13-4-2-3-5-14(13)20-18/h2-10H,1H3,(H,19,20)(H,25,26). The topological polar surface area (TPSA) is 140 Å². The third kappa shape index (κ3) is 2.96. The minimum atomic E-state index is -1.06. The van der Waals surface area contributed by atoms with Crippen molar-refractivity contribution in [1.82, 2.24) is 24.7 Å². The van der Waals surface area contributed by atoms with E-state index in [2.05, 4.69) is 20.1 Å². The molecule has 0 radical (unpaired) electrons.